The third-order valence-electron chi connectivity index (χ3n) is 5.44. The Morgan fingerprint density at radius 2 is 2.00 bits per heavy atom. The first-order chi connectivity index (χ1) is 13.6. The van der Waals surface area contributed by atoms with Crippen LogP contribution in [0.4, 0.5) is 4.39 Å². The van der Waals surface area contributed by atoms with Crippen molar-refractivity contribution < 1.29 is 18.7 Å². The molecule has 0 saturated carbocycles. The van der Waals surface area contributed by atoms with Gasteiger partial charge in [-0.1, -0.05) is 6.07 Å². The number of aromatic nitrogens is 1. The lowest BCUT2D eigenvalue weighted by Gasteiger charge is -2.22. The summed E-state index contributed by atoms with van der Waals surface area (Å²) in [6.07, 6.45) is 2.19. The number of aryl methyl sites for hydroxylation is 1. The third-order valence-corrected chi connectivity index (χ3v) is 5.44. The summed E-state index contributed by atoms with van der Waals surface area (Å²) in [5.74, 6) is 0.941. The first kappa shape index (κ1) is 18.3. The molecule has 3 aromatic rings. The maximum absolute atomic E-state index is 13.7. The molecule has 0 saturated heterocycles. The lowest BCUT2D eigenvalue weighted by molar-refractivity contribution is -0.125. The number of methoxy groups -OCH3 is 2. The summed E-state index contributed by atoms with van der Waals surface area (Å²) >= 11 is 0. The second kappa shape index (κ2) is 7.54. The molecule has 1 amide bonds. The molecule has 1 unspecified atom stereocenters. The van der Waals surface area contributed by atoms with E-state index >= 15 is 0 Å². The van der Waals surface area contributed by atoms with E-state index in [2.05, 4.69) is 10.3 Å². The largest absolute Gasteiger partial charge is 0.493 e. The lowest BCUT2D eigenvalue weighted by Crippen LogP contribution is -2.33. The number of hydrogen-bond acceptors (Lipinski definition) is 3. The molecule has 1 aliphatic rings. The number of amides is 1. The average molecular weight is 382 g/mol. The molecule has 1 heterocycles. The minimum atomic E-state index is -0.255. The number of H-pyrrole nitrogens is 1. The number of nitrogens with one attached hydrogen (secondary N) is 2. The molecule has 0 bridgehead atoms. The van der Waals surface area contributed by atoms with Gasteiger partial charge in [0, 0.05) is 29.1 Å². The van der Waals surface area contributed by atoms with Crippen LogP contribution in [0.25, 0.3) is 10.9 Å². The molecule has 2 aromatic carbocycles. The molecule has 1 atom stereocenters. The van der Waals surface area contributed by atoms with Crippen molar-refractivity contribution in [3.63, 3.8) is 0 Å². The van der Waals surface area contributed by atoms with Gasteiger partial charge in [-0.25, -0.2) is 4.39 Å². The number of rotatable bonds is 5. The zero-order valence-electron chi connectivity index (χ0n) is 16.0. The molecular weight excluding hydrogens is 359 g/mol. The molecule has 146 valence electrons. The number of benzene rings is 2. The Balaban J connectivity index is 1.45. The summed E-state index contributed by atoms with van der Waals surface area (Å²) in [4.78, 5) is 16.1. The zero-order valence-corrected chi connectivity index (χ0v) is 16.0. The number of hydrogen-bond donors (Lipinski definition) is 2. The second-order valence-electron chi connectivity index (χ2n) is 7.12. The van der Waals surface area contributed by atoms with E-state index in [0.717, 1.165) is 40.6 Å². The van der Waals surface area contributed by atoms with Crippen LogP contribution in [0.15, 0.2) is 36.4 Å². The highest BCUT2D eigenvalue weighted by Crippen LogP contribution is 2.32. The van der Waals surface area contributed by atoms with E-state index in [-0.39, 0.29) is 17.6 Å². The second-order valence-corrected chi connectivity index (χ2v) is 7.12. The molecule has 0 fully saturated rings. The molecule has 1 aliphatic carbocycles. The van der Waals surface area contributed by atoms with Gasteiger partial charge in [-0.2, -0.15) is 0 Å². The van der Waals surface area contributed by atoms with Crippen molar-refractivity contribution in [3.05, 3.63) is 59.0 Å². The summed E-state index contributed by atoms with van der Waals surface area (Å²) in [5.41, 5.74) is 4.05. The van der Waals surface area contributed by atoms with Crippen molar-refractivity contribution in [1.82, 2.24) is 10.3 Å². The minimum Gasteiger partial charge on any atom is -0.493 e. The van der Waals surface area contributed by atoms with Gasteiger partial charge in [0.2, 0.25) is 5.91 Å². The monoisotopic (exact) mass is 382 g/mol. The fourth-order valence-electron chi connectivity index (χ4n) is 3.94. The van der Waals surface area contributed by atoms with Crippen molar-refractivity contribution in [2.45, 2.75) is 25.8 Å². The fraction of sp³-hybridized carbons (Fsp3) is 0.318. The minimum absolute atomic E-state index is 0.0196. The smallest absolute Gasteiger partial charge is 0.223 e. The zero-order chi connectivity index (χ0) is 19.7. The Kier molecular flexibility index (Phi) is 4.94. The number of ether oxygens (including phenoxy) is 2. The summed E-state index contributed by atoms with van der Waals surface area (Å²) in [6.45, 7) is 0.422. The van der Waals surface area contributed by atoms with E-state index in [1.165, 1.54) is 6.07 Å². The molecule has 28 heavy (non-hydrogen) atoms. The Hall–Kier alpha value is -3.02. The third kappa shape index (κ3) is 3.42. The molecule has 5 nitrogen and oxygen atoms in total. The first-order valence-electron chi connectivity index (χ1n) is 9.36. The van der Waals surface area contributed by atoms with Crippen molar-refractivity contribution >= 4 is 16.8 Å². The van der Waals surface area contributed by atoms with Crippen LogP contribution < -0.4 is 14.8 Å². The first-order valence-corrected chi connectivity index (χ1v) is 9.36. The van der Waals surface area contributed by atoms with Gasteiger partial charge >= 0.3 is 0 Å². The molecule has 1 aromatic heterocycles. The Labute approximate surface area is 162 Å². The highest BCUT2D eigenvalue weighted by molar-refractivity contribution is 5.87. The van der Waals surface area contributed by atoms with Crippen LogP contribution in [0.3, 0.4) is 0 Å². The van der Waals surface area contributed by atoms with Crippen LogP contribution in [-0.2, 0) is 24.2 Å². The van der Waals surface area contributed by atoms with Gasteiger partial charge in [-0.3, -0.25) is 4.79 Å². The summed E-state index contributed by atoms with van der Waals surface area (Å²) in [7, 11) is 3.18. The van der Waals surface area contributed by atoms with Gasteiger partial charge < -0.3 is 19.8 Å². The van der Waals surface area contributed by atoms with Gasteiger partial charge in [0.15, 0.2) is 11.5 Å². The van der Waals surface area contributed by atoms with Crippen LogP contribution in [-0.4, -0.2) is 25.1 Å². The Bertz CT molecular complexity index is 1030. The van der Waals surface area contributed by atoms with Crippen LogP contribution in [0.2, 0.25) is 0 Å². The van der Waals surface area contributed by atoms with E-state index in [1.54, 1.807) is 26.4 Å². The quantitative estimate of drug-likeness (QED) is 0.707. The van der Waals surface area contributed by atoms with Gasteiger partial charge in [0.05, 0.1) is 14.2 Å². The summed E-state index contributed by atoms with van der Waals surface area (Å²) in [5, 5.41) is 3.90. The van der Waals surface area contributed by atoms with Crippen molar-refractivity contribution in [1.29, 1.82) is 0 Å². The highest BCUT2D eigenvalue weighted by atomic mass is 19.1. The van der Waals surface area contributed by atoms with Crippen molar-refractivity contribution in [2.75, 3.05) is 14.2 Å². The number of carbonyl (C=O) groups excluding carboxylic acids is 1. The fourth-order valence-corrected chi connectivity index (χ4v) is 3.94. The topological polar surface area (TPSA) is 63.3 Å². The standard InChI is InChI=1S/C22H23FN2O3/c1-27-20-8-3-13(9-21(20)28-2)12-24-22(26)14-4-6-18-16(10-14)17-11-15(23)5-7-19(17)25-18/h3,5,7-9,11,14,25H,4,6,10,12H2,1-2H3,(H,24,26). The Morgan fingerprint density at radius 3 is 2.79 bits per heavy atom. The SMILES string of the molecule is COc1ccc(CNC(=O)C2CCc3[nH]c4ccc(F)cc4c3C2)cc1OC. The highest BCUT2D eigenvalue weighted by Gasteiger charge is 2.27. The van der Waals surface area contributed by atoms with Gasteiger partial charge in [0.1, 0.15) is 5.82 Å². The van der Waals surface area contributed by atoms with E-state index in [4.69, 9.17) is 9.47 Å². The number of carbonyl (C=O) groups is 1. The van der Waals surface area contributed by atoms with E-state index in [1.807, 2.05) is 18.2 Å². The van der Waals surface area contributed by atoms with Gasteiger partial charge in [0.25, 0.3) is 0 Å². The summed E-state index contributed by atoms with van der Waals surface area (Å²) in [6, 6.07) is 10.4. The molecule has 0 spiro atoms. The molecule has 0 aliphatic heterocycles. The van der Waals surface area contributed by atoms with Crippen molar-refractivity contribution in [2.24, 2.45) is 5.92 Å². The van der Waals surface area contributed by atoms with Gasteiger partial charge in [-0.05, 0) is 60.7 Å². The van der Waals surface area contributed by atoms with Gasteiger partial charge in [-0.15, -0.1) is 0 Å². The molecule has 0 radical (unpaired) electrons. The van der Waals surface area contributed by atoms with Crippen LogP contribution in [0.5, 0.6) is 11.5 Å². The number of halogens is 1. The average Bonchev–Trinajstić information content (AvgIpc) is 3.08. The normalized spacial score (nSPS) is 15.9. The molecule has 2 N–H and O–H groups in total. The predicted molar refractivity (Wildman–Crippen MR) is 105 cm³/mol. The number of fused-ring (bicyclic) bond motifs is 3. The predicted octanol–water partition coefficient (Wildman–Crippen LogP) is 3.75. The maximum atomic E-state index is 13.7. The molecule has 6 heteroatoms. The lowest BCUT2D eigenvalue weighted by atomic mass is 9.86. The van der Waals surface area contributed by atoms with Crippen LogP contribution >= 0.6 is 0 Å². The maximum Gasteiger partial charge on any atom is 0.223 e. The molecule has 4 rings (SSSR count). The van der Waals surface area contributed by atoms with E-state index in [9.17, 15) is 9.18 Å². The van der Waals surface area contributed by atoms with Crippen molar-refractivity contribution in [3.8, 4) is 11.5 Å². The van der Waals surface area contributed by atoms with E-state index in [0.29, 0.717) is 24.5 Å². The number of aromatic amines is 1. The molecular formula is C22H23FN2O3. The summed E-state index contributed by atoms with van der Waals surface area (Å²) < 4.78 is 24.2. The Morgan fingerprint density at radius 1 is 1.18 bits per heavy atom. The van der Waals surface area contributed by atoms with Crippen LogP contribution in [0, 0.1) is 11.7 Å². The van der Waals surface area contributed by atoms with Crippen LogP contribution in [0.1, 0.15) is 23.2 Å². The van der Waals surface area contributed by atoms with E-state index < -0.39 is 0 Å².